The number of anilines is 6. The van der Waals surface area contributed by atoms with E-state index < -0.39 is 0 Å². The number of benzene rings is 8. The number of unbranched alkanes of at least 4 members (excludes halogenated alkanes) is 4. The van der Waals surface area contributed by atoms with Crippen molar-refractivity contribution in [1.29, 1.82) is 0 Å². The summed E-state index contributed by atoms with van der Waals surface area (Å²) in [5.41, 5.74) is 11.8. The van der Waals surface area contributed by atoms with Crippen LogP contribution in [0.3, 0.4) is 0 Å². The fourth-order valence-electron chi connectivity index (χ4n) is 8.41. The number of hydrogen-bond acceptors (Lipinski definition) is 2. The van der Waals surface area contributed by atoms with E-state index in [0.717, 1.165) is 58.1 Å². The van der Waals surface area contributed by atoms with E-state index in [9.17, 15) is 0 Å². The molecule has 0 amide bonds. The lowest BCUT2D eigenvalue weighted by molar-refractivity contribution is 0.717. The zero-order valence-corrected chi connectivity index (χ0v) is 34.1. The van der Waals surface area contributed by atoms with E-state index in [1.165, 1.54) is 82.0 Å². The molecule has 0 fully saturated rings. The summed E-state index contributed by atoms with van der Waals surface area (Å²) in [4.78, 5) is 4.77. The smallest absolute Gasteiger partial charge is 0.0468 e. The first-order chi connectivity index (χ1) is 28.6. The summed E-state index contributed by atoms with van der Waals surface area (Å²) in [7, 11) is 0. The van der Waals surface area contributed by atoms with Crippen LogP contribution in [0.2, 0.25) is 0 Å². The predicted octanol–water partition coefficient (Wildman–Crippen LogP) is 16.8. The van der Waals surface area contributed by atoms with E-state index in [0.29, 0.717) is 0 Å². The lowest BCUT2D eigenvalue weighted by atomic mass is 9.93. The standard InChI is InChI=1S/C56H54N2/c1-5-9-11-15-43-23-31-47(32-24-43)57(45-27-19-41(7-3)20-28-45)49-35-37-53-54-38-36-50(40-56(54)52-18-14-13-17-51(52)55(53)39-49)58(46-29-21-42(8-4)22-30-46)48-33-25-44(26-34-48)16-12-10-6-2/h7-8,13-14,17-40H,3-6,9-12,15-16H2,1-2H3. The van der Waals surface area contributed by atoms with Crippen molar-refractivity contribution in [2.24, 2.45) is 0 Å². The molecular weight excluding hydrogens is 701 g/mol. The average molecular weight is 755 g/mol. The lowest BCUT2D eigenvalue weighted by Crippen LogP contribution is -2.10. The number of hydrogen-bond donors (Lipinski definition) is 0. The van der Waals surface area contributed by atoms with Crippen LogP contribution >= 0.6 is 0 Å². The molecule has 0 saturated carbocycles. The van der Waals surface area contributed by atoms with Crippen molar-refractivity contribution in [3.8, 4) is 0 Å². The predicted molar refractivity (Wildman–Crippen MR) is 255 cm³/mol. The summed E-state index contributed by atoms with van der Waals surface area (Å²) < 4.78 is 0. The van der Waals surface area contributed by atoms with Gasteiger partial charge in [0, 0.05) is 34.1 Å². The van der Waals surface area contributed by atoms with E-state index >= 15 is 0 Å². The summed E-state index contributed by atoms with van der Waals surface area (Å²) >= 11 is 0. The van der Waals surface area contributed by atoms with E-state index in [4.69, 9.17) is 0 Å². The highest BCUT2D eigenvalue weighted by Crippen LogP contribution is 2.43. The van der Waals surface area contributed by atoms with E-state index in [-0.39, 0.29) is 0 Å². The minimum atomic E-state index is 1.11. The first-order valence-corrected chi connectivity index (χ1v) is 21.2. The van der Waals surface area contributed by atoms with E-state index in [2.05, 4.69) is 195 Å². The van der Waals surface area contributed by atoms with Crippen LogP contribution in [0.4, 0.5) is 34.1 Å². The molecule has 0 unspecified atom stereocenters. The summed E-state index contributed by atoms with van der Waals surface area (Å²) in [5.74, 6) is 0. The molecule has 0 atom stereocenters. The van der Waals surface area contributed by atoms with Crippen LogP contribution in [0.1, 0.15) is 74.6 Å². The number of aryl methyl sites for hydroxylation is 2. The van der Waals surface area contributed by atoms with Gasteiger partial charge in [-0.1, -0.05) is 150 Å². The Morgan fingerprint density at radius 3 is 1.03 bits per heavy atom. The van der Waals surface area contributed by atoms with Crippen molar-refractivity contribution in [2.75, 3.05) is 9.80 Å². The molecule has 8 rings (SSSR count). The van der Waals surface area contributed by atoms with Gasteiger partial charge in [-0.15, -0.1) is 0 Å². The Bertz CT molecular complexity index is 2440. The lowest BCUT2D eigenvalue weighted by Gasteiger charge is -2.27. The molecule has 0 spiro atoms. The van der Waals surface area contributed by atoms with Gasteiger partial charge in [0.15, 0.2) is 0 Å². The van der Waals surface area contributed by atoms with Crippen LogP contribution in [0.5, 0.6) is 0 Å². The Labute approximate surface area is 345 Å². The molecule has 0 aliphatic heterocycles. The molecule has 0 aliphatic rings. The van der Waals surface area contributed by atoms with E-state index in [1.807, 2.05) is 12.2 Å². The van der Waals surface area contributed by atoms with Gasteiger partial charge in [0.25, 0.3) is 0 Å². The van der Waals surface area contributed by atoms with Gasteiger partial charge in [0.1, 0.15) is 0 Å². The molecule has 0 N–H and O–H groups in total. The maximum atomic E-state index is 4.00. The second-order valence-electron chi connectivity index (χ2n) is 15.5. The molecule has 0 saturated heterocycles. The van der Waals surface area contributed by atoms with Crippen LogP contribution in [0, 0.1) is 0 Å². The van der Waals surface area contributed by atoms with Crippen LogP contribution in [-0.4, -0.2) is 0 Å². The third-order valence-corrected chi connectivity index (χ3v) is 11.6. The van der Waals surface area contributed by atoms with Gasteiger partial charge >= 0.3 is 0 Å². The molecule has 2 heteroatoms. The van der Waals surface area contributed by atoms with Gasteiger partial charge in [-0.3, -0.25) is 0 Å². The first-order valence-electron chi connectivity index (χ1n) is 21.2. The van der Waals surface area contributed by atoms with Crippen LogP contribution in [0.15, 0.2) is 171 Å². The van der Waals surface area contributed by atoms with Crippen molar-refractivity contribution in [2.45, 2.75) is 65.2 Å². The first kappa shape index (κ1) is 38.5. The fraction of sp³-hybridized carbons (Fsp3) is 0.179. The molecular formula is C56H54N2. The van der Waals surface area contributed by atoms with Gasteiger partial charge < -0.3 is 9.80 Å². The highest BCUT2D eigenvalue weighted by molar-refractivity contribution is 6.26. The second kappa shape index (κ2) is 17.8. The highest BCUT2D eigenvalue weighted by Gasteiger charge is 2.18. The van der Waals surface area contributed by atoms with Crippen LogP contribution in [-0.2, 0) is 12.8 Å². The molecule has 2 nitrogen and oxygen atoms in total. The third-order valence-electron chi connectivity index (χ3n) is 11.6. The Balaban J connectivity index is 1.25. The summed E-state index contributed by atoms with van der Waals surface area (Å²) in [6, 6.07) is 58.6. The van der Waals surface area contributed by atoms with Crippen molar-refractivity contribution in [3.05, 3.63) is 193 Å². The largest absolute Gasteiger partial charge is 0.310 e. The number of nitrogens with zero attached hydrogens (tertiary/aromatic N) is 2. The Morgan fingerprint density at radius 2 is 0.690 bits per heavy atom. The molecule has 8 aromatic rings. The molecule has 58 heavy (non-hydrogen) atoms. The zero-order valence-electron chi connectivity index (χ0n) is 34.1. The second-order valence-corrected chi connectivity index (χ2v) is 15.5. The maximum absolute atomic E-state index is 4.00. The van der Waals surface area contributed by atoms with Gasteiger partial charge in [0.2, 0.25) is 0 Å². The highest BCUT2D eigenvalue weighted by atomic mass is 15.1. The van der Waals surface area contributed by atoms with Gasteiger partial charge in [0.05, 0.1) is 0 Å². The zero-order chi connectivity index (χ0) is 39.8. The number of fused-ring (bicyclic) bond motifs is 6. The number of rotatable bonds is 16. The van der Waals surface area contributed by atoms with Crippen molar-refractivity contribution >= 4 is 78.6 Å². The maximum Gasteiger partial charge on any atom is 0.0468 e. The molecule has 0 radical (unpaired) electrons. The van der Waals surface area contributed by atoms with E-state index in [1.54, 1.807) is 0 Å². The molecule has 0 aromatic heterocycles. The van der Waals surface area contributed by atoms with Crippen molar-refractivity contribution in [1.82, 2.24) is 0 Å². The van der Waals surface area contributed by atoms with Gasteiger partial charge in [-0.05, 0) is 153 Å². The third kappa shape index (κ3) is 8.06. The normalized spacial score (nSPS) is 11.3. The molecule has 0 aliphatic carbocycles. The minimum absolute atomic E-state index is 1.11. The Hall–Kier alpha value is -6.38. The summed E-state index contributed by atoms with van der Waals surface area (Å²) in [6.45, 7) is 12.5. The monoisotopic (exact) mass is 754 g/mol. The fourth-order valence-corrected chi connectivity index (χ4v) is 8.41. The van der Waals surface area contributed by atoms with Gasteiger partial charge in [-0.2, -0.15) is 0 Å². The SMILES string of the molecule is C=Cc1ccc(N(c2ccc(CCCCC)cc2)c2ccc3c4ccc(N(c5ccc(C=C)cc5)c5ccc(CCCCC)cc5)cc4c4ccccc4c3c2)cc1. The van der Waals surface area contributed by atoms with Gasteiger partial charge in [-0.25, -0.2) is 0 Å². The van der Waals surface area contributed by atoms with Crippen LogP contribution < -0.4 is 9.80 Å². The van der Waals surface area contributed by atoms with Crippen molar-refractivity contribution in [3.63, 3.8) is 0 Å². The average Bonchev–Trinajstić information content (AvgIpc) is 3.28. The Morgan fingerprint density at radius 1 is 0.362 bits per heavy atom. The molecule has 8 aromatic carbocycles. The summed E-state index contributed by atoms with van der Waals surface area (Å²) in [5, 5.41) is 7.47. The molecule has 0 bridgehead atoms. The minimum Gasteiger partial charge on any atom is -0.310 e. The molecule has 0 heterocycles. The Kier molecular flexibility index (Phi) is 11.8. The quantitative estimate of drug-likeness (QED) is 0.0716. The summed E-state index contributed by atoms with van der Waals surface area (Å²) in [6.07, 6.45) is 13.5. The topological polar surface area (TPSA) is 6.48 Å². The molecule has 288 valence electrons. The van der Waals surface area contributed by atoms with Crippen LogP contribution in [0.25, 0.3) is 44.5 Å². The van der Waals surface area contributed by atoms with Crippen molar-refractivity contribution < 1.29 is 0 Å².